The summed E-state index contributed by atoms with van der Waals surface area (Å²) in [6, 6.07) is -0.430. The smallest absolute Gasteiger partial charge is 0.324 e. The molecular weight excluding hydrogens is 168 g/mol. The quantitative estimate of drug-likeness (QED) is 0.564. The Labute approximate surface area is 69.4 Å². The molecule has 0 radical (unpaired) electrons. The first kappa shape index (κ1) is 9.79. The molecule has 1 aliphatic rings. The maximum atomic E-state index is 12.3. The summed E-state index contributed by atoms with van der Waals surface area (Å²) in [7, 11) is 0. The highest BCUT2D eigenvalue weighted by Crippen LogP contribution is 2.20. The van der Waals surface area contributed by atoms with Crippen LogP contribution in [0.15, 0.2) is 0 Å². The molecule has 4 N–H and O–H groups in total. The molecule has 4 nitrogen and oxygen atoms in total. The summed E-state index contributed by atoms with van der Waals surface area (Å²) in [4.78, 5) is 0. The topological polar surface area (TPSA) is 64.5 Å². The second-order valence-electron chi connectivity index (χ2n) is 3.08. The predicted octanol–water partition coefficient (Wildman–Crippen LogP) is -0.499. The molecule has 6 heteroatoms. The van der Waals surface area contributed by atoms with Gasteiger partial charge in [0.05, 0.1) is 6.10 Å². The molecule has 0 aromatic rings. The zero-order valence-electron chi connectivity index (χ0n) is 6.84. The number of alkyl halides is 2. The molecule has 12 heavy (non-hydrogen) atoms. The van der Waals surface area contributed by atoms with Crippen LogP contribution in [0.5, 0.6) is 0 Å². The van der Waals surface area contributed by atoms with Crippen LogP contribution in [0.25, 0.3) is 0 Å². The van der Waals surface area contributed by atoms with E-state index in [0.29, 0.717) is 13.5 Å². The summed E-state index contributed by atoms with van der Waals surface area (Å²) in [5.74, 6) is 5.36. The number of hydrogen-bond acceptors (Lipinski definition) is 4. The number of ether oxygens (including phenoxy) is 1. The van der Waals surface area contributed by atoms with Crippen LogP contribution in [0.1, 0.15) is 6.92 Å². The maximum absolute atomic E-state index is 12.3. The Morgan fingerprint density at radius 3 is 2.42 bits per heavy atom. The molecule has 0 amide bonds. The zero-order chi connectivity index (χ0) is 9.35. The van der Waals surface area contributed by atoms with Gasteiger partial charge in [0.15, 0.2) is 0 Å². The van der Waals surface area contributed by atoms with E-state index in [2.05, 4.69) is 4.74 Å². The average Bonchev–Trinajstić information content (AvgIpc) is 2.06. The van der Waals surface area contributed by atoms with E-state index >= 15 is 0 Å². The summed E-state index contributed by atoms with van der Waals surface area (Å²) in [6.45, 7) is 1.34. The minimum absolute atomic E-state index is 0.255. The second-order valence-corrected chi connectivity index (χ2v) is 3.08. The lowest BCUT2D eigenvalue weighted by atomic mass is 10.2. The summed E-state index contributed by atoms with van der Waals surface area (Å²) < 4.78 is 29.1. The third kappa shape index (κ3) is 2.63. The molecule has 1 saturated heterocycles. The molecule has 0 bridgehead atoms. The van der Waals surface area contributed by atoms with E-state index in [1.54, 1.807) is 0 Å². The lowest BCUT2D eigenvalue weighted by molar-refractivity contribution is -0.248. The van der Waals surface area contributed by atoms with Gasteiger partial charge in [-0.15, -0.1) is 0 Å². The summed E-state index contributed by atoms with van der Waals surface area (Å²) >= 11 is 0. The largest absolute Gasteiger partial charge is 0.353 e. The first-order valence-corrected chi connectivity index (χ1v) is 3.69. The first-order valence-electron chi connectivity index (χ1n) is 3.69. The molecule has 0 aromatic carbocycles. The SMILES string of the molecule is CC(F)(F)OC1CN(N)CC1N. The summed E-state index contributed by atoms with van der Waals surface area (Å²) in [5.41, 5.74) is 5.50. The highest BCUT2D eigenvalue weighted by Gasteiger charge is 2.36. The second kappa shape index (κ2) is 3.21. The Hall–Kier alpha value is -0.300. The predicted molar refractivity (Wildman–Crippen MR) is 39.2 cm³/mol. The van der Waals surface area contributed by atoms with Crippen LogP contribution in [-0.2, 0) is 4.74 Å². The van der Waals surface area contributed by atoms with Crippen LogP contribution in [0.4, 0.5) is 8.78 Å². The molecule has 1 fully saturated rings. The molecule has 72 valence electrons. The highest BCUT2D eigenvalue weighted by molar-refractivity contribution is 4.85. The van der Waals surface area contributed by atoms with Gasteiger partial charge in [0.1, 0.15) is 0 Å². The number of nitrogens with two attached hydrogens (primary N) is 2. The van der Waals surface area contributed by atoms with Gasteiger partial charge in [-0.25, -0.2) is 5.01 Å². The molecule has 0 aromatic heterocycles. The molecular formula is C6H13F2N3O. The van der Waals surface area contributed by atoms with Gasteiger partial charge in [0.25, 0.3) is 0 Å². The van der Waals surface area contributed by atoms with Gasteiger partial charge in [-0.05, 0) is 0 Å². The van der Waals surface area contributed by atoms with Crippen LogP contribution in [-0.4, -0.2) is 36.4 Å². The standard InChI is InChI=1S/C6H13F2N3O/c1-6(7,8)12-5-3-11(10)2-4(5)9/h4-5H,2-3,9-10H2,1H3. The van der Waals surface area contributed by atoms with E-state index < -0.39 is 18.3 Å². The lowest BCUT2D eigenvalue weighted by Gasteiger charge is -2.19. The maximum Gasteiger partial charge on any atom is 0.353 e. The third-order valence-corrected chi connectivity index (χ3v) is 1.70. The molecule has 0 aliphatic carbocycles. The van der Waals surface area contributed by atoms with E-state index in [4.69, 9.17) is 11.6 Å². The van der Waals surface area contributed by atoms with E-state index in [1.807, 2.05) is 0 Å². The van der Waals surface area contributed by atoms with Crippen LogP contribution in [0.2, 0.25) is 0 Å². The zero-order valence-corrected chi connectivity index (χ0v) is 6.84. The Morgan fingerprint density at radius 1 is 1.50 bits per heavy atom. The molecule has 1 rings (SSSR count). The van der Waals surface area contributed by atoms with Crippen molar-refractivity contribution in [2.45, 2.75) is 25.2 Å². The van der Waals surface area contributed by atoms with E-state index in [1.165, 1.54) is 5.01 Å². The molecule has 0 spiro atoms. The van der Waals surface area contributed by atoms with Crippen molar-refractivity contribution >= 4 is 0 Å². The normalized spacial score (nSPS) is 32.8. The van der Waals surface area contributed by atoms with Gasteiger partial charge in [-0.1, -0.05) is 0 Å². The minimum atomic E-state index is -3.13. The molecule has 1 aliphatic heterocycles. The molecule has 2 unspecified atom stereocenters. The third-order valence-electron chi connectivity index (χ3n) is 1.70. The average molecular weight is 181 g/mol. The number of hydrogen-bond donors (Lipinski definition) is 2. The van der Waals surface area contributed by atoms with Crippen molar-refractivity contribution in [3.63, 3.8) is 0 Å². The Balaban J connectivity index is 2.43. The Kier molecular flexibility index (Phi) is 2.62. The lowest BCUT2D eigenvalue weighted by Crippen LogP contribution is -2.39. The molecule has 1 heterocycles. The first-order chi connectivity index (χ1) is 5.38. The van der Waals surface area contributed by atoms with Crippen LogP contribution >= 0.6 is 0 Å². The highest BCUT2D eigenvalue weighted by atomic mass is 19.3. The van der Waals surface area contributed by atoms with Crippen molar-refractivity contribution in [1.82, 2.24) is 5.01 Å². The number of rotatable bonds is 2. The van der Waals surface area contributed by atoms with Crippen molar-refractivity contribution in [3.8, 4) is 0 Å². The van der Waals surface area contributed by atoms with Crippen molar-refractivity contribution in [1.29, 1.82) is 0 Å². The van der Waals surface area contributed by atoms with Crippen molar-refractivity contribution in [2.24, 2.45) is 11.6 Å². The Morgan fingerprint density at radius 2 is 2.08 bits per heavy atom. The van der Waals surface area contributed by atoms with Crippen LogP contribution in [0, 0.1) is 0 Å². The summed E-state index contributed by atoms with van der Waals surface area (Å²) in [5, 5.41) is 1.38. The monoisotopic (exact) mass is 181 g/mol. The summed E-state index contributed by atoms with van der Waals surface area (Å²) in [6.07, 6.45) is -3.80. The van der Waals surface area contributed by atoms with Crippen molar-refractivity contribution in [3.05, 3.63) is 0 Å². The van der Waals surface area contributed by atoms with Crippen LogP contribution < -0.4 is 11.6 Å². The Bertz CT molecular complexity index is 161. The van der Waals surface area contributed by atoms with E-state index in [-0.39, 0.29) is 6.54 Å². The van der Waals surface area contributed by atoms with Gasteiger partial charge in [-0.3, -0.25) is 5.84 Å². The van der Waals surface area contributed by atoms with Gasteiger partial charge in [0, 0.05) is 26.1 Å². The van der Waals surface area contributed by atoms with E-state index in [0.717, 1.165) is 0 Å². The fraction of sp³-hybridized carbons (Fsp3) is 1.00. The fourth-order valence-corrected chi connectivity index (χ4v) is 1.22. The van der Waals surface area contributed by atoms with Gasteiger partial charge in [0.2, 0.25) is 0 Å². The van der Waals surface area contributed by atoms with Crippen molar-refractivity contribution < 1.29 is 13.5 Å². The van der Waals surface area contributed by atoms with Crippen LogP contribution in [0.3, 0.4) is 0 Å². The van der Waals surface area contributed by atoms with Gasteiger partial charge >= 0.3 is 6.11 Å². The number of hydrazine groups is 1. The van der Waals surface area contributed by atoms with Gasteiger partial charge < -0.3 is 10.5 Å². The van der Waals surface area contributed by atoms with E-state index in [9.17, 15) is 8.78 Å². The molecule has 0 saturated carbocycles. The van der Waals surface area contributed by atoms with Gasteiger partial charge in [-0.2, -0.15) is 8.78 Å². The van der Waals surface area contributed by atoms with Crippen molar-refractivity contribution in [2.75, 3.05) is 13.1 Å². The number of halogens is 2. The molecule has 2 atom stereocenters. The number of nitrogens with zero attached hydrogens (tertiary/aromatic N) is 1. The fourth-order valence-electron chi connectivity index (χ4n) is 1.22. The minimum Gasteiger partial charge on any atom is -0.324 e.